The van der Waals surface area contributed by atoms with Gasteiger partial charge in [-0.05, 0) is 12.8 Å². The van der Waals surface area contributed by atoms with Crippen LogP contribution in [0.15, 0.2) is 17.5 Å². The molecular formula is C18H31N9O5S2. The number of aromatic amines is 1. The van der Waals surface area contributed by atoms with Crippen molar-refractivity contribution in [3.63, 3.8) is 0 Å². The number of nitrogens with zero attached hydrogens (tertiary/aromatic N) is 2. The van der Waals surface area contributed by atoms with Gasteiger partial charge in [0, 0.05) is 36.4 Å². The summed E-state index contributed by atoms with van der Waals surface area (Å²) in [6, 6.07) is -4.44. The Hall–Kier alpha value is -2.98. The SMILES string of the molecule is NC(N)=NCCCC(NC(=O)C(N)Cc1cnc[nH]1)C(=O)NC(CS)C(=O)NC(CS)C(=O)O. The maximum Gasteiger partial charge on any atom is 0.327 e. The number of imidazole rings is 1. The number of carboxylic acids is 1. The summed E-state index contributed by atoms with van der Waals surface area (Å²) in [6.07, 6.45) is 3.62. The van der Waals surface area contributed by atoms with Gasteiger partial charge in [0.25, 0.3) is 0 Å². The number of carbonyl (C=O) groups excluding carboxylic acids is 3. The molecule has 1 rings (SSSR count). The zero-order valence-corrected chi connectivity index (χ0v) is 20.1. The van der Waals surface area contributed by atoms with Crippen LogP contribution in [0.1, 0.15) is 18.5 Å². The van der Waals surface area contributed by atoms with Crippen molar-refractivity contribution in [3.8, 4) is 0 Å². The maximum atomic E-state index is 12.9. The Bertz CT molecular complexity index is 849. The van der Waals surface area contributed by atoms with Gasteiger partial charge in [-0.3, -0.25) is 19.4 Å². The molecule has 0 saturated heterocycles. The van der Waals surface area contributed by atoms with Gasteiger partial charge < -0.3 is 43.2 Å². The highest BCUT2D eigenvalue weighted by Gasteiger charge is 2.29. The summed E-state index contributed by atoms with van der Waals surface area (Å²) in [4.78, 5) is 59.6. The largest absolute Gasteiger partial charge is 0.480 e. The zero-order valence-electron chi connectivity index (χ0n) is 18.3. The number of aromatic nitrogens is 2. The molecule has 0 aliphatic rings. The summed E-state index contributed by atoms with van der Waals surface area (Å²) in [7, 11) is 0. The van der Waals surface area contributed by atoms with E-state index in [9.17, 15) is 19.2 Å². The van der Waals surface area contributed by atoms with E-state index in [4.69, 9.17) is 22.3 Å². The van der Waals surface area contributed by atoms with E-state index >= 15 is 0 Å². The molecule has 16 heteroatoms. The summed E-state index contributed by atoms with van der Waals surface area (Å²) in [5, 5.41) is 16.4. The average Bonchev–Trinajstić information content (AvgIpc) is 3.29. The number of hydrogen-bond acceptors (Lipinski definition) is 9. The number of amides is 3. The highest BCUT2D eigenvalue weighted by Crippen LogP contribution is 2.03. The summed E-state index contributed by atoms with van der Waals surface area (Å²) in [5.74, 6) is -3.69. The Morgan fingerprint density at radius 3 is 2.15 bits per heavy atom. The fourth-order valence-corrected chi connectivity index (χ4v) is 3.21. The number of carbonyl (C=O) groups is 4. The number of guanidine groups is 1. The normalized spacial score (nSPS) is 14.2. The van der Waals surface area contributed by atoms with E-state index in [0.717, 1.165) is 0 Å². The monoisotopic (exact) mass is 517 g/mol. The van der Waals surface area contributed by atoms with E-state index in [1.165, 1.54) is 12.5 Å². The minimum absolute atomic E-state index is 0.115. The number of aliphatic carboxylic acids is 1. The van der Waals surface area contributed by atoms with Crippen LogP contribution in [0, 0.1) is 0 Å². The second-order valence-corrected chi connectivity index (χ2v) is 7.95. The lowest BCUT2D eigenvalue weighted by atomic mass is 10.1. The van der Waals surface area contributed by atoms with Gasteiger partial charge in [0.05, 0.1) is 12.4 Å². The van der Waals surface area contributed by atoms with Gasteiger partial charge in [0.15, 0.2) is 5.96 Å². The van der Waals surface area contributed by atoms with Crippen LogP contribution in [-0.4, -0.2) is 86.9 Å². The van der Waals surface area contributed by atoms with Crippen LogP contribution in [0.3, 0.4) is 0 Å². The highest BCUT2D eigenvalue weighted by molar-refractivity contribution is 7.80. The first-order chi connectivity index (χ1) is 16.1. The summed E-state index contributed by atoms with van der Waals surface area (Å²) < 4.78 is 0. The molecule has 0 aromatic carbocycles. The van der Waals surface area contributed by atoms with Crippen molar-refractivity contribution in [1.29, 1.82) is 0 Å². The van der Waals surface area contributed by atoms with Crippen molar-refractivity contribution < 1.29 is 24.3 Å². The summed E-state index contributed by atoms with van der Waals surface area (Å²) >= 11 is 7.94. The van der Waals surface area contributed by atoms with Gasteiger partial charge in [0.1, 0.15) is 18.1 Å². The molecule has 4 atom stereocenters. The molecular weight excluding hydrogens is 486 g/mol. The molecule has 14 nitrogen and oxygen atoms in total. The predicted octanol–water partition coefficient (Wildman–Crippen LogP) is -3.27. The number of carboxylic acid groups (broad SMARTS) is 1. The molecule has 0 aliphatic heterocycles. The van der Waals surface area contributed by atoms with E-state index in [-0.39, 0.29) is 36.9 Å². The Morgan fingerprint density at radius 2 is 1.62 bits per heavy atom. The molecule has 190 valence electrons. The van der Waals surface area contributed by atoms with E-state index in [1.807, 2.05) is 0 Å². The molecule has 34 heavy (non-hydrogen) atoms. The molecule has 1 aromatic rings. The third kappa shape index (κ3) is 10.3. The van der Waals surface area contributed by atoms with Gasteiger partial charge >= 0.3 is 5.97 Å². The van der Waals surface area contributed by atoms with Crippen LogP contribution >= 0.6 is 25.3 Å². The first-order valence-electron chi connectivity index (χ1n) is 10.2. The van der Waals surface area contributed by atoms with E-state index in [0.29, 0.717) is 12.1 Å². The van der Waals surface area contributed by atoms with Crippen LogP contribution in [0.4, 0.5) is 0 Å². The number of H-pyrrole nitrogens is 1. The van der Waals surface area contributed by atoms with Crippen LogP contribution < -0.4 is 33.2 Å². The summed E-state index contributed by atoms with van der Waals surface area (Å²) in [5.41, 5.74) is 17.2. The lowest BCUT2D eigenvalue weighted by molar-refractivity contribution is -0.141. The number of nitrogens with one attached hydrogen (secondary N) is 4. The van der Waals surface area contributed by atoms with E-state index in [1.54, 1.807) is 0 Å². The topological polar surface area (TPSA) is 244 Å². The molecule has 1 heterocycles. The van der Waals surface area contributed by atoms with E-state index in [2.05, 4.69) is 56.2 Å². The first kappa shape index (κ1) is 29.1. The van der Waals surface area contributed by atoms with Crippen molar-refractivity contribution in [2.24, 2.45) is 22.2 Å². The second-order valence-electron chi connectivity index (χ2n) is 7.22. The van der Waals surface area contributed by atoms with Gasteiger partial charge in [-0.2, -0.15) is 25.3 Å². The predicted molar refractivity (Wildman–Crippen MR) is 131 cm³/mol. The van der Waals surface area contributed by atoms with Gasteiger partial charge in [-0.1, -0.05) is 0 Å². The third-order valence-corrected chi connectivity index (χ3v) is 5.25. The van der Waals surface area contributed by atoms with E-state index < -0.39 is 47.9 Å². The Kier molecular flexibility index (Phi) is 12.8. The number of thiol groups is 2. The number of aliphatic imine (C=N–C) groups is 1. The minimum Gasteiger partial charge on any atom is -0.480 e. The average molecular weight is 518 g/mol. The molecule has 0 fully saturated rings. The molecule has 0 aliphatic carbocycles. The first-order valence-corrected chi connectivity index (χ1v) is 11.5. The van der Waals surface area contributed by atoms with Crippen molar-refractivity contribution in [1.82, 2.24) is 25.9 Å². The standard InChI is InChI=1S/C18H31N9O5S2/c19-10(4-9-5-22-8-24-9)14(28)25-11(2-1-3-23-18(20)21)15(29)26-12(6-33)16(30)27-13(7-34)17(31)32/h5,8,10-13,33-34H,1-4,6-7,19H2,(H,22,24)(H,25,28)(H,26,29)(H,27,30)(H,31,32)(H4,20,21,23). The highest BCUT2D eigenvalue weighted by atomic mass is 32.1. The smallest absolute Gasteiger partial charge is 0.327 e. The van der Waals surface area contributed by atoms with Gasteiger partial charge in [0.2, 0.25) is 17.7 Å². The van der Waals surface area contributed by atoms with Crippen LogP contribution in [0.25, 0.3) is 0 Å². The van der Waals surface area contributed by atoms with Gasteiger partial charge in [-0.25, -0.2) is 9.78 Å². The van der Waals surface area contributed by atoms with Crippen LogP contribution in [0.5, 0.6) is 0 Å². The number of nitrogens with two attached hydrogens (primary N) is 3. The van der Waals surface area contributed by atoms with Crippen molar-refractivity contribution >= 4 is 54.9 Å². The zero-order chi connectivity index (χ0) is 25.7. The van der Waals surface area contributed by atoms with Crippen LogP contribution in [0.2, 0.25) is 0 Å². The molecule has 3 amide bonds. The lowest BCUT2D eigenvalue weighted by Crippen LogP contribution is -2.58. The minimum atomic E-state index is -1.27. The molecule has 0 radical (unpaired) electrons. The maximum absolute atomic E-state index is 12.9. The molecule has 4 unspecified atom stereocenters. The Morgan fingerprint density at radius 1 is 1.03 bits per heavy atom. The Balaban J connectivity index is 2.86. The molecule has 0 saturated carbocycles. The quantitative estimate of drug-likeness (QED) is 0.0484. The molecule has 0 spiro atoms. The molecule has 11 N–H and O–H groups in total. The lowest BCUT2D eigenvalue weighted by Gasteiger charge is -2.24. The Labute approximate surface area is 207 Å². The second kappa shape index (κ2) is 15.0. The molecule has 1 aromatic heterocycles. The fraction of sp³-hybridized carbons (Fsp3) is 0.556. The third-order valence-electron chi connectivity index (χ3n) is 4.52. The number of hydrogen-bond donors (Lipinski definition) is 10. The fourth-order valence-electron chi connectivity index (χ4n) is 2.70. The van der Waals surface area contributed by atoms with Crippen molar-refractivity contribution in [3.05, 3.63) is 18.2 Å². The van der Waals surface area contributed by atoms with Crippen LogP contribution in [-0.2, 0) is 25.6 Å². The molecule has 0 bridgehead atoms. The summed E-state index contributed by atoms with van der Waals surface area (Å²) in [6.45, 7) is 0.209. The van der Waals surface area contributed by atoms with Gasteiger partial charge in [-0.15, -0.1) is 0 Å². The number of rotatable bonds is 15. The van der Waals surface area contributed by atoms with Crippen molar-refractivity contribution in [2.75, 3.05) is 18.1 Å². The van der Waals surface area contributed by atoms with Crippen molar-refractivity contribution in [2.45, 2.75) is 43.4 Å².